The van der Waals surface area contributed by atoms with E-state index in [1.165, 1.54) is 0 Å². The summed E-state index contributed by atoms with van der Waals surface area (Å²) in [5.74, 6) is 0.657. The Labute approximate surface area is 114 Å². The molecule has 1 aromatic carbocycles. The summed E-state index contributed by atoms with van der Waals surface area (Å²) in [5.41, 5.74) is 1.16. The molecule has 98 valence electrons. The fraction of sp³-hybridized carbons (Fsp3) is 0.500. The predicted octanol–water partition coefficient (Wildman–Crippen LogP) is 3.24. The highest BCUT2D eigenvalue weighted by Gasteiger charge is 2.29. The summed E-state index contributed by atoms with van der Waals surface area (Å²) in [6.45, 7) is 3.48. The number of rotatable bonds is 3. The molecule has 1 heterocycles. The van der Waals surface area contributed by atoms with Crippen LogP contribution in [0.5, 0.6) is 5.75 Å². The van der Waals surface area contributed by atoms with Gasteiger partial charge < -0.3 is 14.2 Å². The van der Waals surface area contributed by atoms with E-state index in [0.29, 0.717) is 12.2 Å². The minimum absolute atomic E-state index is 0.0814. The van der Waals surface area contributed by atoms with E-state index in [9.17, 15) is 0 Å². The van der Waals surface area contributed by atoms with Gasteiger partial charge in [0.1, 0.15) is 11.9 Å². The second kappa shape index (κ2) is 6.16. The highest BCUT2D eigenvalue weighted by atomic mass is 32.1. The van der Waals surface area contributed by atoms with Gasteiger partial charge in [0.15, 0.2) is 0 Å². The van der Waals surface area contributed by atoms with Crippen LogP contribution in [0.4, 0.5) is 0 Å². The lowest BCUT2D eigenvalue weighted by molar-refractivity contribution is 0.0388. The molecule has 0 aromatic heterocycles. The van der Waals surface area contributed by atoms with Crippen molar-refractivity contribution in [2.45, 2.75) is 38.9 Å². The molecule has 1 saturated heterocycles. The van der Waals surface area contributed by atoms with Crippen molar-refractivity contribution in [3.8, 4) is 5.75 Å². The summed E-state index contributed by atoms with van der Waals surface area (Å²) in [4.78, 5) is 0. The monoisotopic (exact) mass is 268 g/mol. The molecule has 0 radical (unpaired) electrons. The van der Waals surface area contributed by atoms with Gasteiger partial charge in [0, 0.05) is 18.6 Å². The van der Waals surface area contributed by atoms with E-state index < -0.39 is 6.58 Å². The SMILES string of the molecule is [3H][C@H]1CC(OC(=S)Oc2ccc(C)cc2)[C@@H](CC)O1. The van der Waals surface area contributed by atoms with Crippen LogP contribution in [0.1, 0.15) is 26.7 Å². The molecule has 4 heteroatoms. The first-order chi connectivity index (χ1) is 9.08. The quantitative estimate of drug-likeness (QED) is 0.787. The topological polar surface area (TPSA) is 27.7 Å². The van der Waals surface area contributed by atoms with E-state index in [2.05, 4.69) is 0 Å². The lowest BCUT2D eigenvalue weighted by atomic mass is 10.1. The first-order valence-corrected chi connectivity index (χ1v) is 6.52. The van der Waals surface area contributed by atoms with Crippen molar-refractivity contribution >= 4 is 17.5 Å². The van der Waals surface area contributed by atoms with Crippen LogP contribution in [0, 0.1) is 6.92 Å². The van der Waals surface area contributed by atoms with Crippen LogP contribution in [0.25, 0.3) is 0 Å². The molecule has 0 spiro atoms. The molecule has 0 amide bonds. The number of thiocarbonyl (C=S) groups is 1. The number of aryl methyl sites for hydroxylation is 1. The Balaban J connectivity index is 1.89. The zero-order valence-corrected chi connectivity index (χ0v) is 11.4. The maximum absolute atomic E-state index is 7.60. The van der Waals surface area contributed by atoms with Gasteiger partial charge in [0.05, 0.1) is 14.1 Å². The molecular weight excluding hydrogens is 248 g/mol. The average molecular weight is 268 g/mol. The van der Waals surface area contributed by atoms with Gasteiger partial charge in [-0.25, -0.2) is 0 Å². The van der Waals surface area contributed by atoms with Crippen LogP contribution >= 0.6 is 12.2 Å². The Morgan fingerprint density at radius 1 is 1.50 bits per heavy atom. The second-order valence-corrected chi connectivity index (χ2v) is 4.64. The molecule has 1 aliphatic heterocycles. The smallest absolute Gasteiger partial charge is 0.358 e. The van der Waals surface area contributed by atoms with Crippen LogP contribution in [0.15, 0.2) is 24.3 Å². The Kier molecular flexibility index (Phi) is 4.08. The van der Waals surface area contributed by atoms with E-state index in [1.54, 1.807) is 0 Å². The maximum atomic E-state index is 7.60. The predicted molar refractivity (Wildman–Crippen MR) is 73.9 cm³/mol. The summed E-state index contributed by atoms with van der Waals surface area (Å²) < 4.78 is 24.1. The first kappa shape index (κ1) is 11.9. The van der Waals surface area contributed by atoms with Gasteiger partial charge in [-0.05, 0) is 25.5 Å². The van der Waals surface area contributed by atoms with E-state index in [4.69, 9.17) is 27.8 Å². The highest BCUT2D eigenvalue weighted by Crippen LogP contribution is 2.21. The number of hydrogen-bond acceptors (Lipinski definition) is 4. The molecule has 0 aliphatic carbocycles. The molecule has 3 atom stereocenters. The average Bonchev–Trinajstić information content (AvgIpc) is 2.72. The zero-order valence-electron chi connectivity index (χ0n) is 11.6. The molecule has 1 fully saturated rings. The molecule has 18 heavy (non-hydrogen) atoms. The summed E-state index contributed by atoms with van der Waals surface area (Å²) in [7, 11) is 0. The van der Waals surface area contributed by atoms with Gasteiger partial charge in [-0.3, -0.25) is 0 Å². The number of benzene rings is 1. The van der Waals surface area contributed by atoms with Crippen LogP contribution in [0.3, 0.4) is 0 Å². The highest BCUT2D eigenvalue weighted by molar-refractivity contribution is 7.79. The van der Waals surface area contributed by atoms with Crippen molar-refractivity contribution in [3.63, 3.8) is 0 Å². The van der Waals surface area contributed by atoms with Crippen LogP contribution < -0.4 is 4.74 Å². The largest absolute Gasteiger partial charge is 0.450 e. The fourth-order valence-electron chi connectivity index (χ4n) is 1.85. The molecule has 3 nitrogen and oxygen atoms in total. The van der Waals surface area contributed by atoms with E-state index in [1.807, 2.05) is 38.1 Å². The minimum atomic E-state index is -0.530. The van der Waals surface area contributed by atoms with Crippen LogP contribution in [-0.2, 0) is 9.47 Å². The summed E-state index contributed by atoms with van der Waals surface area (Å²) in [6, 6.07) is 7.60. The van der Waals surface area contributed by atoms with Crippen molar-refractivity contribution in [3.05, 3.63) is 29.8 Å². The van der Waals surface area contributed by atoms with Gasteiger partial charge in [-0.2, -0.15) is 0 Å². The molecule has 1 aromatic rings. The third kappa shape index (κ3) is 3.43. The normalized spacial score (nSPS) is 27.7. The van der Waals surface area contributed by atoms with E-state index in [0.717, 1.165) is 12.0 Å². The van der Waals surface area contributed by atoms with Crippen molar-refractivity contribution in [2.75, 3.05) is 6.58 Å². The van der Waals surface area contributed by atoms with E-state index >= 15 is 0 Å². The Morgan fingerprint density at radius 3 is 2.89 bits per heavy atom. The van der Waals surface area contributed by atoms with Crippen molar-refractivity contribution in [1.82, 2.24) is 0 Å². The minimum Gasteiger partial charge on any atom is -0.450 e. The van der Waals surface area contributed by atoms with E-state index in [-0.39, 0.29) is 17.4 Å². The summed E-state index contributed by atoms with van der Waals surface area (Å²) in [5, 5.41) is 0.0880. The molecular formula is C14H18O3S. The number of hydrogen-bond donors (Lipinski definition) is 0. The number of ether oxygens (including phenoxy) is 3. The molecule has 0 N–H and O–H groups in total. The van der Waals surface area contributed by atoms with Gasteiger partial charge in [-0.1, -0.05) is 24.6 Å². The third-order valence-electron chi connectivity index (χ3n) is 2.89. The van der Waals surface area contributed by atoms with Gasteiger partial charge >= 0.3 is 5.24 Å². The van der Waals surface area contributed by atoms with Crippen molar-refractivity contribution in [2.24, 2.45) is 0 Å². The van der Waals surface area contributed by atoms with Crippen molar-refractivity contribution < 1.29 is 15.6 Å². The molecule has 0 saturated carbocycles. The second-order valence-electron chi connectivity index (χ2n) is 4.31. The zero-order chi connectivity index (χ0) is 13.8. The van der Waals surface area contributed by atoms with Crippen LogP contribution in [0.2, 0.25) is 0 Å². The lowest BCUT2D eigenvalue weighted by Crippen LogP contribution is -2.28. The third-order valence-corrected chi connectivity index (χ3v) is 3.07. The molecule has 1 aliphatic rings. The summed E-state index contributed by atoms with van der Waals surface area (Å²) in [6.07, 6.45) is 1.05. The maximum Gasteiger partial charge on any atom is 0.358 e. The Hall–Kier alpha value is -1.13. The molecule has 2 rings (SSSR count). The van der Waals surface area contributed by atoms with Crippen LogP contribution in [-0.4, -0.2) is 24.0 Å². The lowest BCUT2D eigenvalue weighted by Gasteiger charge is -2.18. The molecule has 0 bridgehead atoms. The first-order valence-electron chi connectivity index (χ1n) is 6.69. The van der Waals surface area contributed by atoms with Gasteiger partial charge in [0.25, 0.3) is 0 Å². The molecule has 1 unspecified atom stereocenters. The van der Waals surface area contributed by atoms with Gasteiger partial charge in [0.2, 0.25) is 0 Å². The summed E-state index contributed by atoms with van der Waals surface area (Å²) >= 11 is 5.08. The Bertz CT molecular complexity index is 435. The Morgan fingerprint density at radius 2 is 2.22 bits per heavy atom. The standard InChI is InChI=1S/C14H18O3S/c1-3-12-13(8-9-15-12)17-14(18)16-11-6-4-10(2)5-7-11/h4-7,12-13H,3,8-9H2,1-2H3/t12-,13?/m1/s1/i9T/t9-,12+,13?/m0. The fourth-order valence-corrected chi connectivity index (χ4v) is 2.07. The van der Waals surface area contributed by atoms with Crippen molar-refractivity contribution in [1.29, 1.82) is 0 Å². The van der Waals surface area contributed by atoms with Gasteiger partial charge in [-0.15, -0.1) is 0 Å².